The number of likely N-dealkylation sites (N-methyl/N-ethyl adjacent to an activating group) is 1. The van der Waals surface area contributed by atoms with Crippen LogP contribution in [0.15, 0.2) is 24.3 Å². The molecule has 0 aliphatic carbocycles. The second-order valence-electron chi connectivity index (χ2n) is 4.16. The highest BCUT2D eigenvalue weighted by molar-refractivity contribution is 5.35. The molecule has 1 aromatic carbocycles. The molecule has 0 heterocycles. The van der Waals surface area contributed by atoms with Crippen molar-refractivity contribution in [3.8, 4) is 5.75 Å². The monoisotopic (exact) mass is 239 g/mol. The maximum Gasteiger partial charge on any atom is 0.125 e. The van der Waals surface area contributed by atoms with Gasteiger partial charge >= 0.3 is 0 Å². The fraction of sp³-hybridized carbons (Fsp3) is 0.538. The van der Waals surface area contributed by atoms with Gasteiger partial charge in [0, 0.05) is 19.2 Å². The number of ether oxygens (including phenoxy) is 2. The zero-order chi connectivity index (χ0) is 12.7. The number of aliphatic hydroxyl groups excluding tert-OH is 1. The number of rotatable bonds is 7. The fourth-order valence-corrected chi connectivity index (χ4v) is 1.57. The molecule has 96 valence electrons. The van der Waals surface area contributed by atoms with E-state index in [0.717, 1.165) is 11.3 Å². The van der Waals surface area contributed by atoms with Crippen LogP contribution in [0.3, 0.4) is 0 Å². The van der Waals surface area contributed by atoms with Crippen molar-refractivity contribution in [2.45, 2.75) is 6.10 Å². The predicted molar refractivity (Wildman–Crippen MR) is 67.3 cm³/mol. The molecule has 0 aromatic heterocycles. The van der Waals surface area contributed by atoms with E-state index in [4.69, 9.17) is 9.47 Å². The topological polar surface area (TPSA) is 41.9 Å². The highest BCUT2D eigenvalue weighted by atomic mass is 16.5. The number of benzene rings is 1. The molecule has 1 unspecified atom stereocenters. The Morgan fingerprint density at radius 1 is 1.24 bits per heavy atom. The number of nitrogens with zero attached hydrogens (tertiary/aromatic N) is 1. The van der Waals surface area contributed by atoms with Gasteiger partial charge in [0.2, 0.25) is 0 Å². The van der Waals surface area contributed by atoms with Crippen LogP contribution in [-0.4, -0.2) is 51.0 Å². The molecule has 0 spiro atoms. The van der Waals surface area contributed by atoms with Gasteiger partial charge in [-0.3, -0.25) is 0 Å². The lowest BCUT2D eigenvalue weighted by atomic mass is 10.1. The van der Waals surface area contributed by atoms with Crippen LogP contribution in [-0.2, 0) is 4.74 Å². The standard InChI is InChI=1S/C13H21NO3/c1-14(2)10-12(15)11-6-4-5-7-13(11)17-9-8-16-3/h4-7,12,15H,8-10H2,1-3H3. The molecule has 1 atom stereocenters. The summed E-state index contributed by atoms with van der Waals surface area (Å²) >= 11 is 0. The summed E-state index contributed by atoms with van der Waals surface area (Å²) < 4.78 is 10.5. The van der Waals surface area contributed by atoms with E-state index in [9.17, 15) is 5.11 Å². The number of hydrogen-bond donors (Lipinski definition) is 1. The smallest absolute Gasteiger partial charge is 0.125 e. The summed E-state index contributed by atoms with van der Waals surface area (Å²) in [6.07, 6.45) is -0.538. The van der Waals surface area contributed by atoms with Gasteiger partial charge in [-0.1, -0.05) is 18.2 Å². The van der Waals surface area contributed by atoms with Gasteiger partial charge in [-0.2, -0.15) is 0 Å². The van der Waals surface area contributed by atoms with Crippen LogP contribution in [0.5, 0.6) is 5.75 Å². The molecule has 4 heteroatoms. The van der Waals surface area contributed by atoms with Gasteiger partial charge in [0.05, 0.1) is 12.7 Å². The Hall–Kier alpha value is -1.10. The third-order valence-corrected chi connectivity index (χ3v) is 2.36. The molecular formula is C13H21NO3. The van der Waals surface area contributed by atoms with Gasteiger partial charge in [-0.15, -0.1) is 0 Å². The lowest BCUT2D eigenvalue weighted by Gasteiger charge is -2.19. The number of aliphatic hydroxyl groups is 1. The van der Waals surface area contributed by atoms with Crippen molar-refractivity contribution in [1.82, 2.24) is 4.90 Å². The molecule has 0 amide bonds. The summed E-state index contributed by atoms with van der Waals surface area (Å²) in [7, 11) is 5.49. The van der Waals surface area contributed by atoms with Crippen molar-refractivity contribution < 1.29 is 14.6 Å². The van der Waals surface area contributed by atoms with E-state index in [-0.39, 0.29) is 0 Å². The average Bonchev–Trinajstić information content (AvgIpc) is 2.29. The van der Waals surface area contributed by atoms with E-state index in [1.165, 1.54) is 0 Å². The minimum atomic E-state index is -0.538. The average molecular weight is 239 g/mol. The Morgan fingerprint density at radius 2 is 1.94 bits per heavy atom. The molecule has 0 aliphatic heterocycles. The van der Waals surface area contributed by atoms with E-state index in [0.29, 0.717) is 19.8 Å². The van der Waals surface area contributed by atoms with Crippen LogP contribution in [0.1, 0.15) is 11.7 Å². The van der Waals surface area contributed by atoms with E-state index in [1.54, 1.807) is 7.11 Å². The molecule has 1 N–H and O–H groups in total. The van der Waals surface area contributed by atoms with Crippen LogP contribution < -0.4 is 4.74 Å². The van der Waals surface area contributed by atoms with Crippen molar-refractivity contribution in [1.29, 1.82) is 0 Å². The maximum atomic E-state index is 10.1. The largest absolute Gasteiger partial charge is 0.491 e. The quantitative estimate of drug-likeness (QED) is 0.728. The van der Waals surface area contributed by atoms with E-state index >= 15 is 0 Å². The third kappa shape index (κ3) is 4.73. The summed E-state index contributed by atoms with van der Waals surface area (Å²) in [4.78, 5) is 1.94. The maximum absolute atomic E-state index is 10.1. The molecule has 0 radical (unpaired) electrons. The van der Waals surface area contributed by atoms with Crippen LogP contribution >= 0.6 is 0 Å². The second kappa shape index (κ2) is 7.27. The highest BCUT2D eigenvalue weighted by Gasteiger charge is 2.13. The van der Waals surface area contributed by atoms with Crippen LogP contribution in [0.4, 0.5) is 0 Å². The zero-order valence-corrected chi connectivity index (χ0v) is 10.7. The van der Waals surface area contributed by atoms with Crippen LogP contribution in [0.25, 0.3) is 0 Å². The Bertz CT molecular complexity index is 328. The molecule has 1 aromatic rings. The van der Waals surface area contributed by atoms with Gasteiger partial charge in [-0.05, 0) is 20.2 Å². The van der Waals surface area contributed by atoms with Gasteiger partial charge in [0.1, 0.15) is 12.4 Å². The lowest BCUT2D eigenvalue weighted by Crippen LogP contribution is -2.20. The van der Waals surface area contributed by atoms with Crippen molar-refractivity contribution in [2.24, 2.45) is 0 Å². The summed E-state index contributed by atoms with van der Waals surface area (Å²) in [5, 5.41) is 10.1. The minimum Gasteiger partial charge on any atom is -0.491 e. The first-order valence-electron chi connectivity index (χ1n) is 5.68. The Kier molecular flexibility index (Phi) is 5.97. The minimum absolute atomic E-state index is 0.488. The summed E-state index contributed by atoms with van der Waals surface area (Å²) in [6.45, 7) is 1.60. The first-order chi connectivity index (χ1) is 8.15. The summed E-state index contributed by atoms with van der Waals surface area (Å²) in [5.74, 6) is 0.721. The molecule has 0 fully saturated rings. The molecule has 1 rings (SSSR count). The number of para-hydroxylation sites is 1. The Labute approximate surface area is 103 Å². The molecule has 4 nitrogen and oxygen atoms in total. The second-order valence-corrected chi connectivity index (χ2v) is 4.16. The van der Waals surface area contributed by atoms with Crippen molar-refractivity contribution in [3.63, 3.8) is 0 Å². The molecule has 0 aliphatic rings. The molecule has 17 heavy (non-hydrogen) atoms. The van der Waals surface area contributed by atoms with Gasteiger partial charge in [0.25, 0.3) is 0 Å². The van der Waals surface area contributed by atoms with Crippen molar-refractivity contribution in [2.75, 3.05) is 41.0 Å². The molecule has 0 saturated carbocycles. The molecular weight excluding hydrogens is 218 g/mol. The Morgan fingerprint density at radius 3 is 2.59 bits per heavy atom. The van der Waals surface area contributed by atoms with Crippen molar-refractivity contribution >= 4 is 0 Å². The fourth-order valence-electron chi connectivity index (χ4n) is 1.57. The predicted octanol–water partition coefficient (Wildman–Crippen LogP) is 1.31. The van der Waals surface area contributed by atoms with Crippen LogP contribution in [0.2, 0.25) is 0 Å². The van der Waals surface area contributed by atoms with Crippen molar-refractivity contribution in [3.05, 3.63) is 29.8 Å². The van der Waals surface area contributed by atoms with E-state index in [2.05, 4.69) is 0 Å². The van der Waals surface area contributed by atoms with Gasteiger partial charge < -0.3 is 19.5 Å². The summed E-state index contributed by atoms with van der Waals surface area (Å²) in [6, 6.07) is 7.55. The molecule has 0 saturated heterocycles. The van der Waals surface area contributed by atoms with Gasteiger partial charge in [-0.25, -0.2) is 0 Å². The number of methoxy groups -OCH3 is 1. The third-order valence-electron chi connectivity index (χ3n) is 2.36. The normalized spacial score (nSPS) is 12.8. The van der Waals surface area contributed by atoms with E-state index in [1.807, 2.05) is 43.3 Å². The molecule has 0 bridgehead atoms. The van der Waals surface area contributed by atoms with Crippen LogP contribution in [0, 0.1) is 0 Å². The number of hydrogen-bond acceptors (Lipinski definition) is 4. The zero-order valence-electron chi connectivity index (χ0n) is 10.7. The highest BCUT2D eigenvalue weighted by Crippen LogP contribution is 2.25. The first-order valence-corrected chi connectivity index (χ1v) is 5.68. The van der Waals surface area contributed by atoms with E-state index < -0.39 is 6.10 Å². The summed E-state index contributed by atoms with van der Waals surface area (Å²) in [5.41, 5.74) is 0.817. The Balaban J connectivity index is 2.69. The lowest BCUT2D eigenvalue weighted by molar-refractivity contribution is 0.124. The first kappa shape index (κ1) is 14.0. The SMILES string of the molecule is COCCOc1ccccc1C(O)CN(C)C. The van der Waals surface area contributed by atoms with Gasteiger partial charge in [0.15, 0.2) is 0 Å².